The highest BCUT2D eigenvalue weighted by Crippen LogP contribution is 2.40. The fourth-order valence-corrected chi connectivity index (χ4v) is 4.11. The highest BCUT2D eigenvalue weighted by molar-refractivity contribution is 9.10. The number of aliphatic hydroxyl groups excluding tert-OH is 1. The number of ketones is 1. The molecule has 1 atom stereocenters. The summed E-state index contributed by atoms with van der Waals surface area (Å²) in [7, 11) is 1.54. The molecule has 0 spiro atoms. The van der Waals surface area contributed by atoms with Crippen LogP contribution in [0, 0.1) is 12.8 Å². The van der Waals surface area contributed by atoms with Crippen LogP contribution < -0.4 is 4.74 Å². The average molecular weight is 502 g/mol. The SMILES string of the molecule is COCCN1C(=O)C(=O)C(=C(O)c2ccc(OCC(C)C)c(C)c2)C1c1cccc(Br)c1. The maximum Gasteiger partial charge on any atom is 0.295 e. The van der Waals surface area contributed by atoms with Crippen LogP contribution in [0.4, 0.5) is 0 Å². The summed E-state index contributed by atoms with van der Waals surface area (Å²) in [6.45, 7) is 7.11. The number of amides is 1. The minimum atomic E-state index is -0.708. The Labute approximate surface area is 197 Å². The minimum absolute atomic E-state index is 0.0689. The Morgan fingerprint density at radius 1 is 1.19 bits per heavy atom. The summed E-state index contributed by atoms with van der Waals surface area (Å²) in [5.41, 5.74) is 2.09. The van der Waals surface area contributed by atoms with Gasteiger partial charge in [0.05, 0.1) is 24.8 Å². The molecule has 0 radical (unpaired) electrons. The van der Waals surface area contributed by atoms with Crippen LogP contribution in [0.3, 0.4) is 0 Å². The van der Waals surface area contributed by atoms with Crippen molar-refractivity contribution in [2.75, 3.05) is 26.9 Å². The number of carbonyl (C=O) groups excluding carboxylic acids is 2. The first kappa shape index (κ1) is 24.0. The maximum absolute atomic E-state index is 13.0. The third-order valence-electron chi connectivity index (χ3n) is 5.26. The molecule has 1 aliphatic heterocycles. The predicted octanol–water partition coefficient (Wildman–Crippen LogP) is 4.86. The minimum Gasteiger partial charge on any atom is -0.507 e. The summed E-state index contributed by atoms with van der Waals surface area (Å²) in [5.74, 6) is -0.453. The van der Waals surface area contributed by atoms with Crippen LogP contribution in [-0.4, -0.2) is 48.6 Å². The number of methoxy groups -OCH3 is 1. The standard InChI is InChI=1S/C25H28BrNO5/c1-15(2)14-32-20-9-8-18(12-16(20)3)23(28)21-22(17-6-5-7-19(26)13-17)27(10-11-31-4)25(30)24(21)29/h5-9,12-13,15,22,28H,10-11,14H2,1-4H3. The van der Waals surface area contributed by atoms with Gasteiger partial charge in [-0.15, -0.1) is 0 Å². The lowest BCUT2D eigenvalue weighted by Crippen LogP contribution is -2.32. The van der Waals surface area contributed by atoms with Crippen molar-refractivity contribution in [3.63, 3.8) is 0 Å². The van der Waals surface area contributed by atoms with Crippen molar-refractivity contribution in [2.24, 2.45) is 5.92 Å². The first-order valence-electron chi connectivity index (χ1n) is 10.5. The Morgan fingerprint density at radius 2 is 1.94 bits per heavy atom. The molecule has 2 aromatic rings. The second-order valence-electron chi connectivity index (χ2n) is 8.23. The van der Waals surface area contributed by atoms with Crippen molar-refractivity contribution >= 4 is 33.4 Å². The van der Waals surface area contributed by atoms with Gasteiger partial charge in [-0.05, 0) is 54.3 Å². The van der Waals surface area contributed by atoms with Gasteiger partial charge in [-0.25, -0.2) is 0 Å². The van der Waals surface area contributed by atoms with Crippen LogP contribution in [0.15, 0.2) is 52.5 Å². The number of rotatable bonds is 8. The van der Waals surface area contributed by atoms with E-state index in [4.69, 9.17) is 9.47 Å². The summed E-state index contributed by atoms with van der Waals surface area (Å²) >= 11 is 3.45. The molecule has 1 heterocycles. The van der Waals surface area contributed by atoms with Gasteiger partial charge >= 0.3 is 0 Å². The molecule has 1 aliphatic rings. The van der Waals surface area contributed by atoms with Crippen LogP contribution in [0.25, 0.3) is 5.76 Å². The van der Waals surface area contributed by atoms with Crippen LogP contribution in [-0.2, 0) is 14.3 Å². The molecule has 1 amide bonds. The lowest BCUT2D eigenvalue weighted by atomic mass is 9.95. The molecular formula is C25H28BrNO5. The Kier molecular flexibility index (Phi) is 7.74. The normalized spacial score (nSPS) is 17.9. The van der Waals surface area contributed by atoms with Gasteiger partial charge in [-0.1, -0.05) is 41.9 Å². The fraction of sp³-hybridized carbons (Fsp3) is 0.360. The van der Waals surface area contributed by atoms with E-state index in [1.54, 1.807) is 18.2 Å². The van der Waals surface area contributed by atoms with E-state index in [0.29, 0.717) is 18.1 Å². The van der Waals surface area contributed by atoms with Crippen molar-refractivity contribution in [3.8, 4) is 5.75 Å². The van der Waals surface area contributed by atoms with Crippen molar-refractivity contribution in [1.82, 2.24) is 4.90 Å². The van der Waals surface area contributed by atoms with E-state index in [9.17, 15) is 14.7 Å². The van der Waals surface area contributed by atoms with E-state index in [1.807, 2.05) is 31.2 Å². The molecule has 170 valence electrons. The lowest BCUT2D eigenvalue weighted by molar-refractivity contribution is -0.140. The summed E-state index contributed by atoms with van der Waals surface area (Å²) < 4.78 is 11.8. The molecule has 1 unspecified atom stereocenters. The number of nitrogens with zero attached hydrogens (tertiary/aromatic N) is 1. The number of aliphatic hydroxyl groups is 1. The Hall–Kier alpha value is -2.64. The van der Waals surface area contributed by atoms with Gasteiger partial charge in [0.2, 0.25) is 0 Å². The van der Waals surface area contributed by atoms with E-state index in [2.05, 4.69) is 29.8 Å². The first-order chi connectivity index (χ1) is 15.2. The van der Waals surface area contributed by atoms with Gasteiger partial charge in [0.25, 0.3) is 11.7 Å². The quantitative estimate of drug-likeness (QED) is 0.317. The summed E-state index contributed by atoms with van der Waals surface area (Å²) in [5, 5.41) is 11.2. The zero-order valence-electron chi connectivity index (χ0n) is 18.7. The highest BCUT2D eigenvalue weighted by Gasteiger charge is 2.45. The van der Waals surface area contributed by atoms with Gasteiger partial charge in [-0.2, -0.15) is 0 Å². The molecule has 32 heavy (non-hydrogen) atoms. The molecular weight excluding hydrogens is 474 g/mol. The molecule has 1 N–H and O–H groups in total. The zero-order valence-corrected chi connectivity index (χ0v) is 20.3. The molecule has 1 fully saturated rings. The van der Waals surface area contributed by atoms with Gasteiger partial charge in [0.15, 0.2) is 0 Å². The number of hydrogen-bond donors (Lipinski definition) is 1. The Bertz CT molecular complexity index is 1050. The monoisotopic (exact) mass is 501 g/mol. The van der Waals surface area contributed by atoms with Gasteiger partial charge in [-0.3, -0.25) is 9.59 Å². The number of likely N-dealkylation sites (tertiary alicyclic amines) is 1. The zero-order chi connectivity index (χ0) is 23.4. The smallest absolute Gasteiger partial charge is 0.295 e. The third kappa shape index (κ3) is 5.05. The van der Waals surface area contributed by atoms with E-state index < -0.39 is 17.7 Å². The largest absolute Gasteiger partial charge is 0.507 e. The van der Waals surface area contributed by atoms with Crippen LogP contribution in [0.1, 0.15) is 36.6 Å². The highest BCUT2D eigenvalue weighted by atomic mass is 79.9. The second-order valence-corrected chi connectivity index (χ2v) is 9.14. The number of halogens is 1. The van der Waals surface area contributed by atoms with E-state index in [0.717, 1.165) is 21.3 Å². The summed E-state index contributed by atoms with van der Waals surface area (Å²) in [6, 6.07) is 11.9. The van der Waals surface area contributed by atoms with Crippen molar-refractivity contribution in [3.05, 3.63) is 69.2 Å². The van der Waals surface area contributed by atoms with Gasteiger partial charge in [0, 0.05) is 23.7 Å². The van der Waals surface area contributed by atoms with Gasteiger partial charge < -0.3 is 19.5 Å². The predicted molar refractivity (Wildman–Crippen MR) is 127 cm³/mol. The molecule has 7 heteroatoms. The van der Waals surface area contributed by atoms with Crippen molar-refractivity contribution in [1.29, 1.82) is 0 Å². The fourth-order valence-electron chi connectivity index (χ4n) is 3.69. The lowest BCUT2D eigenvalue weighted by Gasteiger charge is -2.25. The first-order valence-corrected chi connectivity index (χ1v) is 11.3. The topological polar surface area (TPSA) is 76.1 Å². The average Bonchev–Trinajstić information content (AvgIpc) is 3.01. The molecule has 1 saturated heterocycles. The molecule has 6 nitrogen and oxygen atoms in total. The molecule has 3 rings (SSSR count). The maximum atomic E-state index is 13.0. The molecule has 0 aromatic heterocycles. The van der Waals surface area contributed by atoms with E-state index in [-0.39, 0.29) is 24.5 Å². The van der Waals surface area contributed by atoms with Crippen molar-refractivity contribution < 1.29 is 24.2 Å². The number of Topliss-reactive ketones (excluding diaryl/α,β-unsaturated/α-hetero) is 1. The van der Waals surface area contributed by atoms with Crippen LogP contribution in [0.5, 0.6) is 5.75 Å². The summed E-state index contributed by atoms with van der Waals surface area (Å²) in [6.07, 6.45) is 0. The van der Waals surface area contributed by atoms with E-state index >= 15 is 0 Å². The number of hydrogen-bond acceptors (Lipinski definition) is 5. The Morgan fingerprint density at radius 3 is 2.56 bits per heavy atom. The number of benzene rings is 2. The van der Waals surface area contributed by atoms with Crippen molar-refractivity contribution in [2.45, 2.75) is 26.8 Å². The molecule has 0 bridgehead atoms. The number of ether oxygens (including phenoxy) is 2. The Balaban J connectivity index is 2.08. The van der Waals surface area contributed by atoms with E-state index in [1.165, 1.54) is 12.0 Å². The third-order valence-corrected chi connectivity index (χ3v) is 5.75. The number of carbonyl (C=O) groups is 2. The van der Waals surface area contributed by atoms with Gasteiger partial charge in [0.1, 0.15) is 11.5 Å². The molecule has 0 saturated carbocycles. The van der Waals surface area contributed by atoms with Crippen LogP contribution >= 0.6 is 15.9 Å². The second kappa shape index (κ2) is 10.3. The van der Waals surface area contributed by atoms with Crippen LogP contribution in [0.2, 0.25) is 0 Å². The number of aryl methyl sites for hydroxylation is 1. The molecule has 2 aromatic carbocycles. The summed E-state index contributed by atoms with van der Waals surface area (Å²) in [4.78, 5) is 27.3. The molecule has 0 aliphatic carbocycles.